The van der Waals surface area contributed by atoms with E-state index < -0.39 is 0 Å². The van der Waals surface area contributed by atoms with Crippen molar-refractivity contribution in [1.82, 2.24) is 9.99 Å². The third kappa shape index (κ3) is 5.61. The largest absolute Gasteiger partial charge is 0.302 e. The minimum Gasteiger partial charge on any atom is -0.302 e. The Bertz CT molecular complexity index is 1110. The van der Waals surface area contributed by atoms with Gasteiger partial charge in [-0.25, -0.2) is 14.4 Å². The van der Waals surface area contributed by atoms with Gasteiger partial charge in [0.2, 0.25) is 11.8 Å². The summed E-state index contributed by atoms with van der Waals surface area (Å²) in [6.45, 7) is 0.528. The number of anilines is 1. The average molecular weight is 437 g/mol. The molecule has 3 aromatic rings. The molecule has 0 saturated heterocycles. The van der Waals surface area contributed by atoms with Crippen molar-refractivity contribution in [2.45, 2.75) is 25.7 Å². The first-order valence-electron chi connectivity index (χ1n) is 9.99. The van der Waals surface area contributed by atoms with Gasteiger partial charge >= 0.3 is 0 Å². The van der Waals surface area contributed by atoms with Gasteiger partial charge in [0.15, 0.2) is 5.13 Å². The van der Waals surface area contributed by atoms with Crippen LogP contribution in [0.5, 0.6) is 0 Å². The summed E-state index contributed by atoms with van der Waals surface area (Å²) in [4.78, 5) is 29.8. The van der Waals surface area contributed by atoms with Crippen LogP contribution in [0.4, 0.5) is 9.52 Å². The van der Waals surface area contributed by atoms with Gasteiger partial charge < -0.3 is 5.32 Å². The number of carbonyl (C=O) groups excluding carboxylic acids is 2. The summed E-state index contributed by atoms with van der Waals surface area (Å²) in [5, 5.41) is 9.04. The predicted molar refractivity (Wildman–Crippen MR) is 118 cm³/mol. The molecule has 0 fully saturated rings. The smallest absolute Gasteiger partial charge is 0.243 e. The van der Waals surface area contributed by atoms with Crippen LogP contribution in [0, 0.1) is 5.82 Å². The third-order valence-corrected chi connectivity index (χ3v) is 5.74. The van der Waals surface area contributed by atoms with Crippen molar-refractivity contribution in [2.75, 3.05) is 11.9 Å². The molecule has 4 rings (SSSR count). The van der Waals surface area contributed by atoms with Crippen molar-refractivity contribution < 1.29 is 14.0 Å². The average Bonchev–Trinajstić information content (AvgIpc) is 3.43. The van der Waals surface area contributed by atoms with Gasteiger partial charge in [0, 0.05) is 36.8 Å². The predicted octanol–water partition coefficient (Wildman–Crippen LogP) is 4.23. The van der Waals surface area contributed by atoms with Gasteiger partial charge in [0.25, 0.3) is 0 Å². The van der Waals surface area contributed by atoms with E-state index in [4.69, 9.17) is 0 Å². The molecule has 0 unspecified atom stereocenters. The van der Waals surface area contributed by atoms with Gasteiger partial charge in [-0.1, -0.05) is 42.5 Å². The Morgan fingerprint density at radius 3 is 2.74 bits per heavy atom. The molecular weight excluding hydrogens is 415 g/mol. The van der Waals surface area contributed by atoms with Crippen LogP contribution in [0.3, 0.4) is 0 Å². The molecule has 1 aromatic heterocycles. The van der Waals surface area contributed by atoms with Crippen LogP contribution < -0.4 is 5.32 Å². The topological polar surface area (TPSA) is 74.7 Å². The summed E-state index contributed by atoms with van der Waals surface area (Å²) in [6, 6.07) is 16.1. The highest BCUT2D eigenvalue weighted by molar-refractivity contribution is 7.15. The highest BCUT2D eigenvalue weighted by atomic mass is 32.1. The SMILES string of the molecule is O=C(CCC(=O)N1CCC(c2ccccc2)=N1)Nc1ncc(Cc2cccc(F)c2)s1. The lowest BCUT2D eigenvalue weighted by Crippen LogP contribution is -2.24. The Morgan fingerprint density at radius 2 is 1.94 bits per heavy atom. The molecule has 0 aliphatic carbocycles. The molecule has 1 aliphatic rings. The summed E-state index contributed by atoms with van der Waals surface area (Å²) in [5.74, 6) is -0.725. The molecule has 2 heterocycles. The fraction of sp³-hybridized carbons (Fsp3) is 0.217. The number of nitrogens with one attached hydrogen (secondary N) is 1. The van der Waals surface area contributed by atoms with Crippen molar-refractivity contribution in [1.29, 1.82) is 0 Å². The Balaban J connectivity index is 1.25. The van der Waals surface area contributed by atoms with Crippen molar-refractivity contribution in [2.24, 2.45) is 5.10 Å². The number of hydrogen-bond acceptors (Lipinski definition) is 5. The number of nitrogens with zero attached hydrogens (tertiary/aromatic N) is 3. The van der Waals surface area contributed by atoms with E-state index in [1.165, 1.54) is 28.5 Å². The van der Waals surface area contributed by atoms with Gasteiger partial charge in [-0.05, 0) is 23.3 Å². The fourth-order valence-corrected chi connectivity index (χ4v) is 4.16. The lowest BCUT2D eigenvalue weighted by molar-refractivity contribution is -0.132. The molecule has 2 aromatic carbocycles. The molecule has 0 bridgehead atoms. The lowest BCUT2D eigenvalue weighted by atomic mass is 10.1. The maximum absolute atomic E-state index is 13.3. The number of carbonyl (C=O) groups is 2. The van der Waals surface area contributed by atoms with Crippen LogP contribution in [0.25, 0.3) is 0 Å². The molecule has 1 aliphatic heterocycles. The van der Waals surface area contributed by atoms with E-state index in [9.17, 15) is 14.0 Å². The zero-order chi connectivity index (χ0) is 21.6. The van der Waals surface area contributed by atoms with Crippen LogP contribution in [0.15, 0.2) is 65.9 Å². The van der Waals surface area contributed by atoms with E-state index >= 15 is 0 Å². The van der Waals surface area contributed by atoms with Crippen LogP contribution in [0.1, 0.15) is 35.3 Å². The summed E-state index contributed by atoms with van der Waals surface area (Å²) in [7, 11) is 0. The Kier molecular flexibility index (Phi) is 6.47. The van der Waals surface area contributed by atoms with E-state index in [1.54, 1.807) is 12.3 Å². The fourth-order valence-electron chi connectivity index (χ4n) is 3.30. The molecule has 2 amide bonds. The normalized spacial score (nSPS) is 13.2. The van der Waals surface area contributed by atoms with Gasteiger partial charge in [-0.2, -0.15) is 5.10 Å². The molecule has 1 N–H and O–H groups in total. The quantitative estimate of drug-likeness (QED) is 0.602. The molecular formula is C23H21FN4O2S. The first-order chi connectivity index (χ1) is 15.1. The standard InChI is InChI=1S/C23H21FN4O2S/c24-18-8-4-5-16(13-18)14-19-15-25-23(31-19)26-21(29)9-10-22(30)28-12-11-20(27-28)17-6-2-1-3-7-17/h1-8,13,15H,9-12,14H2,(H,25,26,29). The zero-order valence-corrected chi connectivity index (χ0v) is 17.6. The number of rotatable bonds is 7. The Hall–Kier alpha value is -3.39. The van der Waals surface area contributed by atoms with E-state index in [-0.39, 0.29) is 30.5 Å². The molecule has 158 valence electrons. The lowest BCUT2D eigenvalue weighted by Gasteiger charge is -2.10. The number of benzene rings is 2. The highest BCUT2D eigenvalue weighted by Gasteiger charge is 2.22. The van der Waals surface area contributed by atoms with Crippen molar-refractivity contribution >= 4 is 34.0 Å². The zero-order valence-electron chi connectivity index (χ0n) is 16.8. The number of halogens is 1. The Labute approximate surface area is 183 Å². The van der Waals surface area contributed by atoms with Crippen molar-refractivity contribution in [3.8, 4) is 0 Å². The minimum atomic E-state index is -0.279. The molecule has 31 heavy (non-hydrogen) atoms. The summed E-state index contributed by atoms with van der Waals surface area (Å²) >= 11 is 1.34. The molecule has 0 atom stereocenters. The van der Waals surface area contributed by atoms with Crippen molar-refractivity contribution in [3.05, 3.63) is 82.6 Å². The molecule has 8 heteroatoms. The second kappa shape index (κ2) is 9.61. The van der Waals surface area contributed by atoms with E-state index in [0.717, 1.165) is 21.7 Å². The number of aromatic nitrogens is 1. The van der Waals surface area contributed by atoms with Crippen molar-refractivity contribution in [3.63, 3.8) is 0 Å². The third-order valence-electron chi connectivity index (χ3n) is 4.83. The summed E-state index contributed by atoms with van der Waals surface area (Å²) < 4.78 is 13.3. The second-order valence-corrected chi connectivity index (χ2v) is 8.28. The van der Waals surface area contributed by atoms with Gasteiger partial charge in [-0.3, -0.25) is 9.59 Å². The first-order valence-corrected chi connectivity index (χ1v) is 10.8. The monoisotopic (exact) mass is 436 g/mol. The maximum Gasteiger partial charge on any atom is 0.243 e. The van der Waals surface area contributed by atoms with Crippen LogP contribution in [-0.2, 0) is 16.0 Å². The Morgan fingerprint density at radius 1 is 1.10 bits per heavy atom. The van der Waals surface area contributed by atoms with Gasteiger partial charge in [-0.15, -0.1) is 11.3 Å². The van der Waals surface area contributed by atoms with Crippen LogP contribution in [0.2, 0.25) is 0 Å². The van der Waals surface area contributed by atoms with Gasteiger partial charge in [0.05, 0.1) is 12.3 Å². The number of amides is 2. The second-order valence-electron chi connectivity index (χ2n) is 7.17. The van der Waals surface area contributed by atoms with E-state index in [0.29, 0.717) is 24.5 Å². The van der Waals surface area contributed by atoms with Crippen LogP contribution >= 0.6 is 11.3 Å². The molecule has 0 radical (unpaired) electrons. The molecule has 0 spiro atoms. The van der Waals surface area contributed by atoms with Gasteiger partial charge in [0.1, 0.15) is 5.82 Å². The number of hydrogen-bond donors (Lipinski definition) is 1. The number of hydrazone groups is 1. The summed E-state index contributed by atoms with van der Waals surface area (Å²) in [6.07, 6.45) is 3.05. The molecule has 6 nitrogen and oxygen atoms in total. The number of thiazole rings is 1. The first kappa shape index (κ1) is 20.9. The van der Waals surface area contributed by atoms with E-state index in [1.807, 2.05) is 36.4 Å². The molecule has 0 saturated carbocycles. The highest BCUT2D eigenvalue weighted by Crippen LogP contribution is 2.22. The van der Waals surface area contributed by atoms with E-state index in [2.05, 4.69) is 15.4 Å². The minimum absolute atomic E-state index is 0.0599. The maximum atomic E-state index is 13.3. The summed E-state index contributed by atoms with van der Waals surface area (Å²) in [5.41, 5.74) is 2.73. The van der Waals surface area contributed by atoms with Crippen LogP contribution in [-0.4, -0.2) is 34.1 Å².